The van der Waals surface area contributed by atoms with Gasteiger partial charge in [0.25, 0.3) is 0 Å². The van der Waals surface area contributed by atoms with Crippen LogP contribution in [-0.4, -0.2) is 101 Å². The Balaban J connectivity index is 0. The molecule has 31 heavy (non-hydrogen) atoms. The first-order chi connectivity index (χ1) is 14.6. The van der Waals surface area contributed by atoms with Crippen LogP contribution in [0.5, 0.6) is 0 Å². The van der Waals surface area contributed by atoms with Gasteiger partial charge in [-0.05, 0) is 6.42 Å². The number of nitrogens with two attached hydrogens (primary N) is 1. The summed E-state index contributed by atoms with van der Waals surface area (Å²) in [6.45, 7) is 8.94. The molecule has 0 aromatic heterocycles. The number of amides is 3. The molecule has 0 bridgehead atoms. The van der Waals surface area contributed by atoms with Crippen LogP contribution >= 0.6 is 0 Å². The molecular formula is C20H35N3O8. The predicted molar refractivity (Wildman–Crippen MR) is 114 cm³/mol. The summed E-state index contributed by atoms with van der Waals surface area (Å²) >= 11 is 0. The summed E-state index contributed by atoms with van der Waals surface area (Å²) in [4.78, 5) is 45.8. The monoisotopic (exact) mass is 445 g/mol. The van der Waals surface area contributed by atoms with E-state index >= 15 is 0 Å². The molecule has 0 aliphatic carbocycles. The average Bonchev–Trinajstić information content (AvgIpc) is 2.73. The minimum Gasteiger partial charge on any atom is -0.461 e. The van der Waals surface area contributed by atoms with Gasteiger partial charge in [-0.3, -0.25) is 4.79 Å². The molecule has 178 valence electrons. The van der Waals surface area contributed by atoms with Crippen molar-refractivity contribution in [1.29, 1.82) is 0 Å². The number of hydrogen-bond donors (Lipinski definition) is 1. The molecule has 11 heteroatoms. The number of primary amides is 1. The fourth-order valence-electron chi connectivity index (χ4n) is 1.71. The Bertz CT molecular complexity index is 567. The van der Waals surface area contributed by atoms with Crippen LogP contribution in [0.3, 0.4) is 0 Å². The Kier molecular flexibility index (Phi) is 19.9. The topological polar surface area (TPSA) is 138 Å². The van der Waals surface area contributed by atoms with Crippen LogP contribution in [0.2, 0.25) is 0 Å². The molecule has 0 aromatic carbocycles. The fraction of sp³-hybridized carbons (Fsp3) is 0.600. The van der Waals surface area contributed by atoms with E-state index in [1.807, 2.05) is 0 Å². The number of likely N-dealkylation sites (N-methyl/N-ethyl adjacent to an activating group) is 1. The normalized spacial score (nSPS) is 9.52. The highest BCUT2D eigenvalue weighted by Crippen LogP contribution is 1.91. The first-order valence-electron chi connectivity index (χ1n) is 9.60. The lowest BCUT2D eigenvalue weighted by Gasteiger charge is -2.21. The van der Waals surface area contributed by atoms with Crippen molar-refractivity contribution in [2.75, 3.05) is 67.3 Å². The van der Waals surface area contributed by atoms with Crippen LogP contribution < -0.4 is 5.73 Å². The number of ether oxygens (including phenoxy) is 4. The summed E-state index contributed by atoms with van der Waals surface area (Å²) in [7, 11) is 4.97. The van der Waals surface area contributed by atoms with Gasteiger partial charge in [0, 0.05) is 46.3 Å². The average molecular weight is 446 g/mol. The van der Waals surface area contributed by atoms with E-state index in [2.05, 4.69) is 17.9 Å². The molecule has 0 fully saturated rings. The number of rotatable bonds is 15. The maximum atomic E-state index is 11.3. The van der Waals surface area contributed by atoms with Gasteiger partial charge in [-0.25, -0.2) is 14.4 Å². The van der Waals surface area contributed by atoms with Gasteiger partial charge in [0.15, 0.2) is 0 Å². The number of esters is 2. The smallest absolute Gasteiger partial charge is 0.330 e. The lowest BCUT2D eigenvalue weighted by atomic mass is 10.3. The first-order valence-corrected chi connectivity index (χ1v) is 9.60. The van der Waals surface area contributed by atoms with Gasteiger partial charge in [-0.15, -0.1) is 0 Å². The van der Waals surface area contributed by atoms with Gasteiger partial charge in [0.2, 0.25) is 5.91 Å². The summed E-state index contributed by atoms with van der Waals surface area (Å²) in [5, 5.41) is 0. The van der Waals surface area contributed by atoms with E-state index in [0.29, 0.717) is 45.8 Å². The van der Waals surface area contributed by atoms with Gasteiger partial charge in [-0.2, -0.15) is 0 Å². The predicted octanol–water partition coefficient (Wildman–Crippen LogP) is 0.343. The summed E-state index contributed by atoms with van der Waals surface area (Å²) in [6.07, 6.45) is 3.14. The van der Waals surface area contributed by atoms with Crippen molar-refractivity contribution in [3.05, 3.63) is 25.3 Å². The van der Waals surface area contributed by atoms with Crippen molar-refractivity contribution < 1.29 is 38.1 Å². The first kappa shape index (κ1) is 30.3. The zero-order valence-corrected chi connectivity index (χ0v) is 18.7. The highest BCUT2D eigenvalue weighted by molar-refractivity contribution is 5.81. The lowest BCUT2D eigenvalue weighted by molar-refractivity contribution is -0.139. The van der Waals surface area contributed by atoms with E-state index in [1.54, 1.807) is 21.1 Å². The van der Waals surface area contributed by atoms with Gasteiger partial charge >= 0.3 is 18.0 Å². The van der Waals surface area contributed by atoms with Gasteiger partial charge in [0.1, 0.15) is 13.2 Å². The van der Waals surface area contributed by atoms with Crippen molar-refractivity contribution in [2.45, 2.75) is 12.8 Å². The lowest BCUT2D eigenvalue weighted by Crippen LogP contribution is -2.38. The van der Waals surface area contributed by atoms with Crippen molar-refractivity contribution in [2.24, 2.45) is 5.73 Å². The number of hydrogen-bond acceptors (Lipinski definition) is 8. The Labute approximate surface area is 183 Å². The molecule has 0 aliphatic rings. The molecule has 0 unspecified atom stereocenters. The van der Waals surface area contributed by atoms with Crippen LogP contribution in [0.1, 0.15) is 12.8 Å². The molecule has 0 aromatic rings. The molecule has 0 saturated carbocycles. The third-order valence-electron chi connectivity index (χ3n) is 3.27. The van der Waals surface area contributed by atoms with E-state index in [0.717, 1.165) is 12.2 Å². The maximum Gasteiger partial charge on any atom is 0.330 e. The minimum atomic E-state index is -0.476. The molecule has 0 heterocycles. The number of carbonyl (C=O) groups is 4. The Morgan fingerprint density at radius 2 is 1.29 bits per heavy atom. The molecule has 0 saturated heterocycles. The molecule has 0 aliphatic heterocycles. The third-order valence-corrected chi connectivity index (χ3v) is 3.27. The second-order valence-electron chi connectivity index (χ2n) is 6.14. The largest absolute Gasteiger partial charge is 0.461 e. The summed E-state index contributed by atoms with van der Waals surface area (Å²) in [6, 6.07) is -0.125. The molecular weight excluding hydrogens is 410 g/mol. The zero-order valence-electron chi connectivity index (χ0n) is 18.7. The van der Waals surface area contributed by atoms with Gasteiger partial charge < -0.3 is 34.5 Å². The Hall–Kier alpha value is -2.92. The van der Waals surface area contributed by atoms with Crippen molar-refractivity contribution >= 4 is 23.9 Å². The molecule has 0 atom stereocenters. The van der Waals surface area contributed by atoms with Crippen molar-refractivity contribution in [1.82, 2.24) is 9.80 Å². The third kappa shape index (κ3) is 21.6. The summed E-state index contributed by atoms with van der Waals surface area (Å²) in [5.41, 5.74) is 4.96. The highest BCUT2D eigenvalue weighted by Gasteiger charge is 2.10. The molecule has 11 nitrogen and oxygen atoms in total. The van der Waals surface area contributed by atoms with Crippen LogP contribution in [0.15, 0.2) is 25.3 Å². The summed E-state index contributed by atoms with van der Waals surface area (Å²) in [5.74, 6) is -1.26. The van der Waals surface area contributed by atoms with Crippen molar-refractivity contribution in [3.8, 4) is 0 Å². The number of carbonyl (C=O) groups excluding carboxylic acids is 4. The standard InChI is InChI=1S/C11H19NO5.C9H16N2O3/c1-2-11(14)17-9-8-16-7-6-15-5-3-4-10(12)13;1-5-8(12)14-7-6-11(4)9(13)10(2)3/h2H,1,3-9H2,(H2,12,13);5H,1,6-7H2,2-4H3. The molecule has 0 radical (unpaired) electrons. The highest BCUT2D eigenvalue weighted by atomic mass is 16.6. The molecule has 0 rings (SSSR count). The minimum absolute atomic E-state index is 0.125. The quantitative estimate of drug-likeness (QED) is 0.216. The second-order valence-corrected chi connectivity index (χ2v) is 6.14. The van der Waals surface area contributed by atoms with Crippen molar-refractivity contribution in [3.63, 3.8) is 0 Å². The van der Waals surface area contributed by atoms with E-state index in [1.165, 1.54) is 9.80 Å². The molecule has 3 amide bonds. The van der Waals surface area contributed by atoms with Crippen LogP contribution in [-0.2, 0) is 33.3 Å². The molecule has 0 spiro atoms. The zero-order chi connectivity index (χ0) is 24.1. The maximum absolute atomic E-state index is 11.3. The summed E-state index contributed by atoms with van der Waals surface area (Å²) < 4.78 is 19.7. The molecule has 2 N–H and O–H groups in total. The Morgan fingerprint density at radius 3 is 1.77 bits per heavy atom. The number of urea groups is 1. The van der Waals surface area contributed by atoms with Crippen LogP contribution in [0, 0.1) is 0 Å². The van der Waals surface area contributed by atoms with E-state index in [9.17, 15) is 19.2 Å². The van der Waals surface area contributed by atoms with E-state index in [-0.39, 0.29) is 25.2 Å². The van der Waals surface area contributed by atoms with E-state index in [4.69, 9.17) is 19.9 Å². The van der Waals surface area contributed by atoms with E-state index < -0.39 is 11.9 Å². The van der Waals surface area contributed by atoms with Gasteiger partial charge in [0.05, 0.1) is 26.4 Å². The van der Waals surface area contributed by atoms with Crippen LogP contribution in [0.4, 0.5) is 4.79 Å². The SMILES string of the molecule is C=CC(=O)OCCN(C)C(=O)N(C)C.C=CC(=O)OCCOCCOCCCC(N)=O. The number of nitrogens with zero attached hydrogens (tertiary/aromatic N) is 2. The van der Waals surface area contributed by atoms with Gasteiger partial charge in [-0.1, -0.05) is 13.2 Å². The second kappa shape index (κ2) is 20.4. The Morgan fingerprint density at radius 1 is 0.806 bits per heavy atom. The van der Waals surface area contributed by atoms with Crippen LogP contribution in [0.25, 0.3) is 0 Å². The fourth-order valence-corrected chi connectivity index (χ4v) is 1.71.